The number of carbonyl (C=O) groups excluding carboxylic acids is 1. The zero-order chi connectivity index (χ0) is 18.5. The van der Waals surface area contributed by atoms with E-state index in [0.717, 1.165) is 11.3 Å². The average molecular weight is 370 g/mol. The van der Waals surface area contributed by atoms with Crippen LogP contribution in [0.15, 0.2) is 52.4 Å². The fourth-order valence-corrected chi connectivity index (χ4v) is 3.28. The Morgan fingerprint density at radius 2 is 1.65 bits per heavy atom. The molecule has 0 unspecified atom stereocenters. The molecule has 7 heteroatoms. The molecule has 0 bridgehead atoms. The molecule has 6 nitrogen and oxygen atoms in total. The third-order valence-corrected chi connectivity index (χ3v) is 4.53. The minimum atomic E-state index is -0.196. The summed E-state index contributed by atoms with van der Waals surface area (Å²) in [6.07, 6.45) is 1.76. The summed E-state index contributed by atoms with van der Waals surface area (Å²) in [5, 5.41) is 3.31. The van der Waals surface area contributed by atoms with Gasteiger partial charge in [0.2, 0.25) is 5.75 Å². The fourth-order valence-electron chi connectivity index (χ4n) is 2.44. The highest BCUT2D eigenvalue weighted by molar-refractivity contribution is 8.18. The first-order valence-electron chi connectivity index (χ1n) is 7.79. The molecule has 1 aliphatic heterocycles. The van der Waals surface area contributed by atoms with E-state index in [-0.39, 0.29) is 5.91 Å². The minimum absolute atomic E-state index is 0.196. The standard InChI is InChI=1S/C19H18N2O4S/c1-23-14-9-12(10-15(24-2)17(14)25-3)11-16-18(22)21-19(26-16)20-13-7-5-4-6-8-13/h4-11H,1-3H3,(H,20,21,22)/b16-11+. The van der Waals surface area contributed by atoms with Gasteiger partial charge in [0.05, 0.1) is 31.9 Å². The number of thioether (sulfide) groups is 1. The van der Waals surface area contributed by atoms with Crippen LogP contribution in [0.4, 0.5) is 5.69 Å². The summed E-state index contributed by atoms with van der Waals surface area (Å²) < 4.78 is 16.0. The normalized spacial score (nSPS) is 16.7. The number of methoxy groups -OCH3 is 3. The molecule has 1 N–H and O–H groups in total. The lowest BCUT2D eigenvalue weighted by Crippen LogP contribution is -2.19. The van der Waals surface area contributed by atoms with Crippen molar-refractivity contribution in [3.63, 3.8) is 0 Å². The first kappa shape index (κ1) is 17.9. The quantitative estimate of drug-likeness (QED) is 0.815. The number of para-hydroxylation sites is 1. The van der Waals surface area contributed by atoms with Crippen molar-refractivity contribution in [1.29, 1.82) is 0 Å². The van der Waals surface area contributed by atoms with Crippen LogP contribution in [-0.2, 0) is 4.79 Å². The van der Waals surface area contributed by atoms with E-state index in [1.165, 1.54) is 11.8 Å². The Hall–Kier alpha value is -2.93. The fraction of sp³-hybridized carbons (Fsp3) is 0.158. The molecule has 26 heavy (non-hydrogen) atoms. The smallest absolute Gasteiger partial charge is 0.264 e. The molecule has 0 aromatic heterocycles. The lowest BCUT2D eigenvalue weighted by Gasteiger charge is -2.12. The maximum atomic E-state index is 12.2. The monoisotopic (exact) mass is 370 g/mol. The number of rotatable bonds is 5. The largest absolute Gasteiger partial charge is 0.493 e. The number of hydrogen-bond donors (Lipinski definition) is 1. The van der Waals surface area contributed by atoms with Crippen LogP contribution in [0.3, 0.4) is 0 Å². The Morgan fingerprint density at radius 1 is 1.00 bits per heavy atom. The van der Waals surface area contributed by atoms with Crippen molar-refractivity contribution >= 4 is 34.6 Å². The summed E-state index contributed by atoms with van der Waals surface area (Å²) in [5.41, 5.74) is 1.54. The van der Waals surface area contributed by atoms with Crippen LogP contribution >= 0.6 is 11.8 Å². The number of amidine groups is 1. The number of aliphatic imine (C=N–C) groups is 1. The van der Waals surface area contributed by atoms with E-state index in [4.69, 9.17) is 14.2 Å². The number of carbonyl (C=O) groups is 1. The third kappa shape index (κ3) is 3.83. The second-order valence-electron chi connectivity index (χ2n) is 5.28. The molecular formula is C19H18N2O4S. The van der Waals surface area contributed by atoms with Crippen molar-refractivity contribution in [2.24, 2.45) is 4.99 Å². The number of ether oxygens (including phenoxy) is 3. The predicted octanol–water partition coefficient (Wildman–Crippen LogP) is 3.60. The molecule has 3 rings (SSSR count). The van der Waals surface area contributed by atoms with Crippen LogP contribution in [0.25, 0.3) is 6.08 Å². The van der Waals surface area contributed by atoms with Gasteiger partial charge in [0.1, 0.15) is 0 Å². The lowest BCUT2D eigenvalue weighted by atomic mass is 10.1. The van der Waals surface area contributed by atoms with Gasteiger partial charge in [-0.05, 0) is 47.7 Å². The Labute approximate surface area is 155 Å². The van der Waals surface area contributed by atoms with Crippen LogP contribution in [0.1, 0.15) is 5.56 Å². The second-order valence-corrected chi connectivity index (χ2v) is 6.31. The van der Waals surface area contributed by atoms with Crippen LogP contribution in [-0.4, -0.2) is 32.4 Å². The molecule has 2 aromatic rings. The highest BCUT2D eigenvalue weighted by Crippen LogP contribution is 2.39. The number of nitrogens with one attached hydrogen (secondary N) is 1. The summed E-state index contributed by atoms with van der Waals surface area (Å²) in [5.74, 6) is 1.37. The van der Waals surface area contributed by atoms with E-state index < -0.39 is 0 Å². The van der Waals surface area contributed by atoms with Crippen molar-refractivity contribution in [2.75, 3.05) is 21.3 Å². The maximum Gasteiger partial charge on any atom is 0.264 e. The van der Waals surface area contributed by atoms with Gasteiger partial charge in [0, 0.05) is 0 Å². The number of amides is 1. The van der Waals surface area contributed by atoms with Gasteiger partial charge in [0.25, 0.3) is 5.91 Å². The molecule has 1 heterocycles. The van der Waals surface area contributed by atoms with Crippen molar-refractivity contribution in [3.8, 4) is 17.2 Å². The third-order valence-electron chi connectivity index (χ3n) is 3.62. The number of hydrogen-bond acceptors (Lipinski definition) is 6. The van der Waals surface area contributed by atoms with Gasteiger partial charge < -0.3 is 19.5 Å². The zero-order valence-electron chi connectivity index (χ0n) is 14.6. The predicted molar refractivity (Wildman–Crippen MR) is 103 cm³/mol. The molecule has 0 atom stereocenters. The molecule has 1 aliphatic rings. The van der Waals surface area contributed by atoms with Crippen molar-refractivity contribution in [3.05, 3.63) is 52.9 Å². The number of nitrogens with zero attached hydrogens (tertiary/aromatic N) is 1. The first-order chi connectivity index (χ1) is 12.6. The van der Waals surface area contributed by atoms with Gasteiger partial charge in [0.15, 0.2) is 16.7 Å². The van der Waals surface area contributed by atoms with Gasteiger partial charge in [-0.3, -0.25) is 4.79 Å². The van der Waals surface area contributed by atoms with Crippen LogP contribution in [0.2, 0.25) is 0 Å². The molecule has 0 spiro atoms. The SMILES string of the molecule is COc1cc(/C=C2/SC(=Nc3ccccc3)NC2=O)cc(OC)c1OC. The van der Waals surface area contributed by atoms with Crippen molar-refractivity contribution in [2.45, 2.75) is 0 Å². The molecule has 0 saturated carbocycles. The van der Waals surface area contributed by atoms with E-state index in [1.54, 1.807) is 39.5 Å². The zero-order valence-corrected chi connectivity index (χ0v) is 15.4. The van der Waals surface area contributed by atoms with E-state index in [1.807, 2.05) is 30.3 Å². The van der Waals surface area contributed by atoms with Crippen LogP contribution in [0, 0.1) is 0 Å². The van der Waals surface area contributed by atoms with Crippen LogP contribution in [0.5, 0.6) is 17.2 Å². The summed E-state index contributed by atoms with van der Waals surface area (Å²) in [6.45, 7) is 0. The molecule has 0 radical (unpaired) electrons. The average Bonchev–Trinajstić information content (AvgIpc) is 3.00. The summed E-state index contributed by atoms with van der Waals surface area (Å²) in [4.78, 5) is 17.2. The van der Waals surface area contributed by atoms with Gasteiger partial charge in [-0.2, -0.15) is 0 Å². The topological polar surface area (TPSA) is 69.2 Å². The highest BCUT2D eigenvalue weighted by Gasteiger charge is 2.24. The van der Waals surface area contributed by atoms with E-state index >= 15 is 0 Å². The van der Waals surface area contributed by atoms with E-state index in [2.05, 4.69) is 10.3 Å². The van der Waals surface area contributed by atoms with Gasteiger partial charge in [-0.25, -0.2) is 4.99 Å². The molecular weight excluding hydrogens is 352 g/mol. The van der Waals surface area contributed by atoms with Gasteiger partial charge >= 0.3 is 0 Å². The Bertz CT molecular complexity index is 853. The van der Waals surface area contributed by atoms with Gasteiger partial charge in [-0.15, -0.1) is 0 Å². The first-order valence-corrected chi connectivity index (χ1v) is 8.61. The summed E-state index contributed by atoms with van der Waals surface area (Å²) in [7, 11) is 4.65. The molecule has 1 saturated heterocycles. The maximum absolute atomic E-state index is 12.2. The van der Waals surface area contributed by atoms with E-state index in [9.17, 15) is 4.79 Å². The minimum Gasteiger partial charge on any atom is -0.493 e. The summed E-state index contributed by atoms with van der Waals surface area (Å²) >= 11 is 1.28. The Morgan fingerprint density at radius 3 is 2.23 bits per heavy atom. The summed E-state index contributed by atoms with van der Waals surface area (Å²) in [6, 6.07) is 13.0. The van der Waals surface area contributed by atoms with Gasteiger partial charge in [-0.1, -0.05) is 18.2 Å². The molecule has 134 valence electrons. The highest BCUT2D eigenvalue weighted by atomic mass is 32.2. The Kier molecular flexibility index (Phi) is 5.48. The van der Waals surface area contributed by atoms with Crippen molar-refractivity contribution < 1.29 is 19.0 Å². The molecule has 2 aromatic carbocycles. The molecule has 1 fully saturated rings. The van der Waals surface area contributed by atoms with Crippen molar-refractivity contribution in [1.82, 2.24) is 5.32 Å². The number of benzene rings is 2. The lowest BCUT2D eigenvalue weighted by molar-refractivity contribution is -0.115. The second kappa shape index (κ2) is 7.97. The molecule has 0 aliphatic carbocycles. The molecule has 1 amide bonds. The van der Waals surface area contributed by atoms with E-state index in [0.29, 0.717) is 27.3 Å². The van der Waals surface area contributed by atoms with Crippen LogP contribution < -0.4 is 19.5 Å². The Balaban J connectivity index is 1.90.